The molecule has 0 saturated carbocycles. The third-order valence-corrected chi connectivity index (χ3v) is 7.70. The van der Waals surface area contributed by atoms with E-state index in [9.17, 15) is 9.59 Å². The summed E-state index contributed by atoms with van der Waals surface area (Å²) < 4.78 is 1.87. The van der Waals surface area contributed by atoms with Gasteiger partial charge in [0, 0.05) is 44.1 Å². The molecule has 1 amide bonds. The number of hydrogen-bond acceptors (Lipinski definition) is 4. The van der Waals surface area contributed by atoms with E-state index in [1.165, 1.54) is 18.4 Å². The van der Waals surface area contributed by atoms with Crippen molar-refractivity contribution in [2.24, 2.45) is 0 Å². The van der Waals surface area contributed by atoms with Crippen LogP contribution in [-0.2, 0) is 24.2 Å². The molecule has 33 heavy (non-hydrogen) atoms. The minimum atomic E-state index is 0.100. The molecule has 0 unspecified atom stereocenters. The molecule has 0 spiro atoms. The van der Waals surface area contributed by atoms with Gasteiger partial charge in [0.15, 0.2) is 0 Å². The van der Waals surface area contributed by atoms with E-state index in [1.54, 1.807) is 6.07 Å². The van der Waals surface area contributed by atoms with Crippen LogP contribution < -0.4 is 5.56 Å². The van der Waals surface area contributed by atoms with Crippen LogP contribution >= 0.6 is 0 Å². The number of benzene rings is 1. The van der Waals surface area contributed by atoms with Crippen LogP contribution in [0.2, 0.25) is 0 Å². The molecule has 2 atom stereocenters. The van der Waals surface area contributed by atoms with Crippen molar-refractivity contribution < 1.29 is 4.79 Å². The zero-order chi connectivity index (χ0) is 22.6. The monoisotopic (exact) mass is 448 g/mol. The molecule has 3 aliphatic heterocycles. The Morgan fingerprint density at radius 1 is 0.970 bits per heavy atom. The van der Waals surface area contributed by atoms with Crippen LogP contribution in [0, 0.1) is 0 Å². The first-order chi connectivity index (χ1) is 16.2. The van der Waals surface area contributed by atoms with Crippen molar-refractivity contribution in [3.05, 3.63) is 63.8 Å². The fourth-order valence-electron chi connectivity index (χ4n) is 5.87. The molecule has 1 aromatic carbocycles. The first-order valence-electron chi connectivity index (χ1n) is 12.8. The van der Waals surface area contributed by atoms with E-state index in [4.69, 9.17) is 4.98 Å². The van der Waals surface area contributed by atoms with E-state index >= 15 is 0 Å². The fourth-order valence-corrected chi connectivity index (χ4v) is 5.87. The Bertz CT molecular complexity index is 1020. The maximum atomic E-state index is 13.3. The van der Waals surface area contributed by atoms with E-state index in [0.29, 0.717) is 12.6 Å². The summed E-state index contributed by atoms with van der Waals surface area (Å²) in [4.78, 5) is 35.3. The van der Waals surface area contributed by atoms with Crippen LogP contribution in [-0.4, -0.2) is 57.5 Å². The number of aromatic nitrogens is 2. The Morgan fingerprint density at radius 3 is 2.70 bits per heavy atom. The van der Waals surface area contributed by atoms with Gasteiger partial charge in [0.25, 0.3) is 5.56 Å². The normalized spacial score (nSPS) is 23.8. The number of aryl methyl sites for hydroxylation is 1. The molecule has 0 N–H and O–H groups in total. The molecule has 4 heterocycles. The summed E-state index contributed by atoms with van der Waals surface area (Å²) >= 11 is 0. The Balaban J connectivity index is 1.22. The minimum Gasteiger partial charge on any atom is -0.338 e. The average Bonchev–Trinajstić information content (AvgIpc) is 3.15. The number of hydrogen-bond donors (Lipinski definition) is 0. The molecule has 3 aliphatic rings. The van der Waals surface area contributed by atoms with Gasteiger partial charge in [-0.2, -0.15) is 0 Å². The lowest BCUT2D eigenvalue weighted by Gasteiger charge is -2.37. The SMILES string of the molecule is O=C(CN1CC[C@@H](c2cc(=O)n3c(n2)CCCCC3)C1)N1CCCC[C@@H]1Cc1ccccc1. The number of fused-ring (bicyclic) bond motifs is 1. The van der Waals surface area contributed by atoms with Crippen LogP contribution in [0.15, 0.2) is 41.2 Å². The van der Waals surface area contributed by atoms with Crippen molar-refractivity contribution in [1.29, 1.82) is 0 Å². The summed E-state index contributed by atoms with van der Waals surface area (Å²) in [6.07, 6.45) is 9.54. The lowest BCUT2D eigenvalue weighted by Crippen LogP contribution is -2.48. The molecule has 1 aromatic heterocycles. The average molecular weight is 449 g/mol. The van der Waals surface area contributed by atoms with Gasteiger partial charge >= 0.3 is 0 Å². The highest BCUT2D eigenvalue weighted by molar-refractivity contribution is 5.78. The molecular formula is C27H36N4O2. The minimum absolute atomic E-state index is 0.100. The van der Waals surface area contributed by atoms with Crippen molar-refractivity contribution in [3.8, 4) is 0 Å². The lowest BCUT2D eigenvalue weighted by molar-refractivity contribution is -0.135. The van der Waals surface area contributed by atoms with Crippen molar-refractivity contribution in [2.75, 3.05) is 26.2 Å². The predicted octanol–water partition coefficient (Wildman–Crippen LogP) is 3.38. The van der Waals surface area contributed by atoms with Crippen molar-refractivity contribution in [3.63, 3.8) is 0 Å². The zero-order valence-corrected chi connectivity index (χ0v) is 19.6. The van der Waals surface area contributed by atoms with Crippen LogP contribution in [0.5, 0.6) is 0 Å². The van der Waals surface area contributed by atoms with Gasteiger partial charge in [-0.3, -0.25) is 19.1 Å². The van der Waals surface area contributed by atoms with Crippen LogP contribution in [0.1, 0.15) is 67.9 Å². The van der Waals surface area contributed by atoms with Crippen LogP contribution in [0.25, 0.3) is 0 Å². The van der Waals surface area contributed by atoms with Crippen LogP contribution in [0.3, 0.4) is 0 Å². The first-order valence-corrected chi connectivity index (χ1v) is 12.8. The molecule has 0 radical (unpaired) electrons. The second-order valence-corrected chi connectivity index (χ2v) is 10.0. The molecule has 0 aliphatic carbocycles. The van der Waals surface area contributed by atoms with Gasteiger partial charge in [-0.15, -0.1) is 0 Å². The number of amides is 1. The van der Waals surface area contributed by atoms with Crippen LogP contribution in [0.4, 0.5) is 0 Å². The number of carbonyl (C=O) groups excluding carboxylic acids is 1. The Hall–Kier alpha value is -2.47. The Kier molecular flexibility index (Phi) is 6.91. The number of likely N-dealkylation sites (tertiary alicyclic amines) is 2. The third-order valence-electron chi connectivity index (χ3n) is 7.70. The summed E-state index contributed by atoms with van der Waals surface area (Å²) in [5.74, 6) is 1.47. The van der Waals surface area contributed by atoms with E-state index in [0.717, 1.165) is 82.6 Å². The molecule has 5 rings (SSSR count). The molecule has 6 nitrogen and oxygen atoms in total. The highest BCUT2D eigenvalue weighted by Crippen LogP contribution is 2.27. The number of nitrogens with zero attached hydrogens (tertiary/aromatic N) is 4. The van der Waals surface area contributed by atoms with Gasteiger partial charge in [0.1, 0.15) is 5.82 Å². The van der Waals surface area contributed by atoms with E-state index in [1.807, 2.05) is 10.6 Å². The van der Waals surface area contributed by atoms with Gasteiger partial charge < -0.3 is 4.90 Å². The topological polar surface area (TPSA) is 58.4 Å². The van der Waals surface area contributed by atoms with Gasteiger partial charge in [0.05, 0.1) is 12.2 Å². The predicted molar refractivity (Wildman–Crippen MR) is 129 cm³/mol. The van der Waals surface area contributed by atoms with Crippen molar-refractivity contribution >= 4 is 5.91 Å². The number of piperidine rings is 1. The largest absolute Gasteiger partial charge is 0.338 e. The standard InChI is InChI=1S/C27H36N4O2/c32-26-18-24(28-25-12-5-2-7-15-31(25)26)22-13-16-29(19-22)20-27(33)30-14-8-6-11-23(30)17-21-9-3-1-4-10-21/h1,3-4,9-10,18,22-23H,2,5-8,11-17,19-20H2/t22-,23-/m1/s1. The Labute approximate surface area is 196 Å². The number of carbonyl (C=O) groups is 1. The highest BCUT2D eigenvalue weighted by atomic mass is 16.2. The summed E-state index contributed by atoms with van der Waals surface area (Å²) in [5.41, 5.74) is 2.34. The zero-order valence-electron chi connectivity index (χ0n) is 19.6. The fraction of sp³-hybridized carbons (Fsp3) is 0.593. The van der Waals surface area contributed by atoms with Gasteiger partial charge in [-0.1, -0.05) is 36.8 Å². The van der Waals surface area contributed by atoms with Crippen molar-refractivity contribution in [1.82, 2.24) is 19.4 Å². The lowest BCUT2D eigenvalue weighted by atomic mass is 9.95. The summed E-state index contributed by atoms with van der Waals surface area (Å²) in [5, 5.41) is 0. The highest BCUT2D eigenvalue weighted by Gasteiger charge is 2.31. The molecule has 2 saturated heterocycles. The molecule has 6 heteroatoms. The summed E-state index contributed by atoms with van der Waals surface area (Å²) in [6.45, 7) is 3.86. The second kappa shape index (κ2) is 10.2. The summed E-state index contributed by atoms with van der Waals surface area (Å²) in [7, 11) is 0. The molecule has 2 fully saturated rings. The molecule has 0 bridgehead atoms. The van der Waals surface area contributed by atoms with E-state index in [-0.39, 0.29) is 17.4 Å². The van der Waals surface area contributed by atoms with Gasteiger partial charge in [-0.05, 0) is 57.1 Å². The Morgan fingerprint density at radius 2 is 1.82 bits per heavy atom. The molecule has 2 aromatic rings. The van der Waals surface area contributed by atoms with Gasteiger partial charge in [0.2, 0.25) is 5.91 Å². The summed E-state index contributed by atoms with van der Waals surface area (Å²) in [6, 6.07) is 12.6. The van der Waals surface area contributed by atoms with Gasteiger partial charge in [-0.25, -0.2) is 4.98 Å². The number of rotatable bonds is 5. The molecule has 176 valence electrons. The van der Waals surface area contributed by atoms with E-state index in [2.05, 4.69) is 34.1 Å². The van der Waals surface area contributed by atoms with Crippen molar-refractivity contribution in [2.45, 2.75) is 76.3 Å². The third kappa shape index (κ3) is 5.21. The maximum absolute atomic E-state index is 13.3. The maximum Gasteiger partial charge on any atom is 0.253 e. The smallest absolute Gasteiger partial charge is 0.253 e. The second-order valence-electron chi connectivity index (χ2n) is 10.0. The first kappa shape index (κ1) is 22.3. The van der Waals surface area contributed by atoms with E-state index < -0.39 is 0 Å². The quantitative estimate of drug-likeness (QED) is 0.704. The molecular weight excluding hydrogens is 412 g/mol.